The van der Waals surface area contributed by atoms with Crippen LogP contribution < -0.4 is 10.1 Å². The number of rotatable bonds is 4. The molecule has 4 nitrogen and oxygen atoms in total. The van der Waals surface area contributed by atoms with Crippen LogP contribution in [0.15, 0.2) is 36.7 Å². The van der Waals surface area contributed by atoms with Gasteiger partial charge in [-0.25, -0.2) is 9.97 Å². The first-order valence-electron chi connectivity index (χ1n) is 7.55. The van der Waals surface area contributed by atoms with Gasteiger partial charge in [0.1, 0.15) is 12.1 Å². The van der Waals surface area contributed by atoms with Gasteiger partial charge in [0, 0.05) is 6.07 Å². The Balaban J connectivity index is 1.78. The minimum Gasteiger partial charge on any atom is -0.475 e. The zero-order valence-corrected chi connectivity index (χ0v) is 12.5. The highest BCUT2D eigenvalue weighted by Gasteiger charge is 2.20. The number of benzene rings is 1. The lowest BCUT2D eigenvalue weighted by atomic mass is 9.88. The lowest BCUT2D eigenvalue weighted by Gasteiger charge is -2.26. The van der Waals surface area contributed by atoms with Crippen LogP contribution in [0, 0.1) is 0 Å². The Bertz CT molecular complexity index is 612. The van der Waals surface area contributed by atoms with Gasteiger partial charge in [0.05, 0.1) is 12.1 Å². The number of ether oxygens (including phenoxy) is 1. The van der Waals surface area contributed by atoms with Crippen molar-refractivity contribution < 1.29 is 4.74 Å². The van der Waals surface area contributed by atoms with Gasteiger partial charge in [0.2, 0.25) is 5.88 Å². The first-order valence-corrected chi connectivity index (χ1v) is 7.55. The number of aromatic nitrogens is 2. The van der Waals surface area contributed by atoms with Crippen LogP contribution in [-0.4, -0.2) is 16.1 Å². The fourth-order valence-electron chi connectivity index (χ4n) is 2.81. The maximum Gasteiger partial charge on any atom is 0.218 e. The van der Waals surface area contributed by atoms with E-state index < -0.39 is 0 Å². The fraction of sp³-hybridized carbons (Fsp3) is 0.412. The third kappa shape index (κ3) is 3.32. The monoisotopic (exact) mass is 283 g/mol. The molecule has 1 unspecified atom stereocenters. The van der Waals surface area contributed by atoms with Crippen molar-refractivity contribution >= 4 is 5.82 Å². The zero-order chi connectivity index (χ0) is 14.7. The van der Waals surface area contributed by atoms with Crippen LogP contribution in [0.3, 0.4) is 0 Å². The van der Waals surface area contributed by atoms with E-state index in [0.29, 0.717) is 11.9 Å². The topological polar surface area (TPSA) is 47.0 Å². The molecule has 0 saturated carbocycles. The summed E-state index contributed by atoms with van der Waals surface area (Å²) in [6, 6.07) is 10.8. The molecule has 0 bridgehead atoms. The zero-order valence-electron chi connectivity index (χ0n) is 12.5. The Morgan fingerprint density at radius 3 is 2.95 bits per heavy atom. The molecule has 0 saturated heterocycles. The van der Waals surface area contributed by atoms with Crippen LogP contribution in [0.2, 0.25) is 0 Å². The van der Waals surface area contributed by atoms with Crippen LogP contribution in [0.25, 0.3) is 0 Å². The van der Waals surface area contributed by atoms with Crippen LogP contribution in [0.4, 0.5) is 5.82 Å². The summed E-state index contributed by atoms with van der Waals surface area (Å²) < 4.78 is 5.62. The van der Waals surface area contributed by atoms with Crippen molar-refractivity contribution in [1.29, 1.82) is 0 Å². The van der Waals surface area contributed by atoms with Crippen LogP contribution in [0.1, 0.15) is 43.9 Å². The van der Waals surface area contributed by atoms with E-state index in [0.717, 1.165) is 12.2 Å². The molecule has 0 fully saturated rings. The highest BCUT2D eigenvalue weighted by atomic mass is 16.5. The summed E-state index contributed by atoms with van der Waals surface area (Å²) in [5.74, 6) is 1.44. The third-order valence-corrected chi connectivity index (χ3v) is 3.69. The predicted molar refractivity (Wildman–Crippen MR) is 83.5 cm³/mol. The smallest absolute Gasteiger partial charge is 0.218 e. The van der Waals surface area contributed by atoms with Gasteiger partial charge in [-0.2, -0.15) is 0 Å². The van der Waals surface area contributed by atoms with Crippen LogP contribution in [-0.2, 0) is 6.42 Å². The normalized spacial score (nSPS) is 17.4. The van der Waals surface area contributed by atoms with Gasteiger partial charge in [-0.1, -0.05) is 24.3 Å². The average molecular weight is 283 g/mol. The molecular formula is C17H21N3O. The summed E-state index contributed by atoms with van der Waals surface area (Å²) in [6.45, 7) is 3.99. The van der Waals surface area contributed by atoms with E-state index in [4.69, 9.17) is 4.74 Å². The Hall–Kier alpha value is -2.10. The lowest BCUT2D eigenvalue weighted by Crippen LogP contribution is -2.18. The molecule has 0 aliphatic heterocycles. The van der Waals surface area contributed by atoms with Gasteiger partial charge in [-0.05, 0) is 44.2 Å². The van der Waals surface area contributed by atoms with Crippen molar-refractivity contribution in [2.45, 2.75) is 45.3 Å². The van der Waals surface area contributed by atoms with Crippen LogP contribution >= 0.6 is 0 Å². The number of hydrogen-bond donors (Lipinski definition) is 1. The molecule has 0 amide bonds. The Morgan fingerprint density at radius 2 is 2.10 bits per heavy atom. The summed E-state index contributed by atoms with van der Waals surface area (Å²) in [7, 11) is 0. The summed E-state index contributed by atoms with van der Waals surface area (Å²) in [5.41, 5.74) is 2.82. The van der Waals surface area contributed by atoms with E-state index >= 15 is 0 Å². The molecule has 3 rings (SSSR count). The first kappa shape index (κ1) is 13.9. The van der Waals surface area contributed by atoms with E-state index in [2.05, 4.69) is 39.6 Å². The molecule has 1 N–H and O–H groups in total. The number of anilines is 1. The molecule has 0 radical (unpaired) electrons. The fourth-order valence-corrected chi connectivity index (χ4v) is 2.81. The van der Waals surface area contributed by atoms with Gasteiger partial charge >= 0.3 is 0 Å². The van der Waals surface area contributed by atoms with E-state index in [1.165, 1.54) is 24.0 Å². The molecule has 0 spiro atoms. The summed E-state index contributed by atoms with van der Waals surface area (Å²) in [5, 5.41) is 3.52. The SMILES string of the molecule is CC(C)Oc1cc(NC2CCCc3ccccc32)ncn1. The molecule has 2 aromatic rings. The second-order valence-corrected chi connectivity index (χ2v) is 5.70. The summed E-state index contributed by atoms with van der Waals surface area (Å²) >= 11 is 0. The standard InChI is InChI=1S/C17H21N3O/c1-12(2)21-17-10-16(18-11-19-17)20-15-9-5-7-13-6-3-4-8-14(13)15/h3-4,6,8,10-12,15H,5,7,9H2,1-2H3,(H,18,19,20). The minimum atomic E-state index is 0.114. The molecule has 1 aromatic heterocycles. The quantitative estimate of drug-likeness (QED) is 0.928. The molecule has 1 atom stereocenters. The second-order valence-electron chi connectivity index (χ2n) is 5.70. The molecule has 1 aliphatic rings. The lowest BCUT2D eigenvalue weighted by molar-refractivity contribution is 0.232. The molecule has 1 aromatic carbocycles. The van der Waals surface area contributed by atoms with Crippen molar-refractivity contribution in [2.24, 2.45) is 0 Å². The number of hydrogen-bond acceptors (Lipinski definition) is 4. The van der Waals surface area contributed by atoms with Crippen LogP contribution in [0.5, 0.6) is 5.88 Å². The summed E-state index contributed by atoms with van der Waals surface area (Å²) in [4.78, 5) is 8.46. The molecule has 1 heterocycles. The average Bonchev–Trinajstić information content (AvgIpc) is 2.47. The number of nitrogens with one attached hydrogen (secondary N) is 1. The van der Waals surface area contributed by atoms with Crippen molar-refractivity contribution in [1.82, 2.24) is 9.97 Å². The van der Waals surface area contributed by atoms with E-state index in [1.807, 2.05) is 19.9 Å². The summed E-state index contributed by atoms with van der Waals surface area (Å²) in [6.07, 6.45) is 5.16. The van der Waals surface area contributed by atoms with Crippen molar-refractivity contribution in [2.75, 3.05) is 5.32 Å². The minimum absolute atomic E-state index is 0.114. The van der Waals surface area contributed by atoms with Gasteiger partial charge in [-0.15, -0.1) is 0 Å². The Kier molecular flexibility index (Phi) is 4.04. The molecule has 1 aliphatic carbocycles. The number of fused-ring (bicyclic) bond motifs is 1. The highest BCUT2D eigenvalue weighted by molar-refractivity contribution is 5.43. The van der Waals surface area contributed by atoms with E-state index in [9.17, 15) is 0 Å². The first-order chi connectivity index (χ1) is 10.2. The number of aryl methyl sites for hydroxylation is 1. The second kappa shape index (κ2) is 6.12. The van der Waals surface area contributed by atoms with Crippen molar-refractivity contribution in [3.8, 4) is 5.88 Å². The van der Waals surface area contributed by atoms with Gasteiger partial charge in [-0.3, -0.25) is 0 Å². The predicted octanol–water partition coefficient (Wildman–Crippen LogP) is 3.75. The van der Waals surface area contributed by atoms with Gasteiger partial charge < -0.3 is 10.1 Å². The van der Waals surface area contributed by atoms with Gasteiger partial charge in [0.25, 0.3) is 0 Å². The third-order valence-electron chi connectivity index (χ3n) is 3.69. The largest absolute Gasteiger partial charge is 0.475 e. The maximum atomic E-state index is 5.62. The maximum absolute atomic E-state index is 5.62. The Labute approximate surface area is 125 Å². The van der Waals surface area contributed by atoms with E-state index in [-0.39, 0.29) is 6.10 Å². The molecule has 4 heteroatoms. The van der Waals surface area contributed by atoms with Crippen molar-refractivity contribution in [3.63, 3.8) is 0 Å². The highest BCUT2D eigenvalue weighted by Crippen LogP contribution is 2.32. The van der Waals surface area contributed by atoms with Gasteiger partial charge in [0.15, 0.2) is 0 Å². The molecular weight excluding hydrogens is 262 g/mol. The Morgan fingerprint density at radius 1 is 1.24 bits per heavy atom. The number of nitrogens with zero attached hydrogens (tertiary/aromatic N) is 2. The molecule has 21 heavy (non-hydrogen) atoms. The van der Waals surface area contributed by atoms with E-state index in [1.54, 1.807) is 6.33 Å². The van der Waals surface area contributed by atoms with Crippen molar-refractivity contribution in [3.05, 3.63) is 47.8 Å². The molecule has 110 valence electrons.